The summed E-state index contributed by atoms with van der Waals surface area (Å²) in [6.07, 6.45) is 5.67. The molecule has 2 heterocycles. The van der Waals surface area contributed by atoms with E-state index in [9.17, 15) is 0 Å². The van der Waals surface area contributed by atoms with E-state index in [-0.39, 0.29) is 6.29 Å². The van der Waals surface area contributed by atoms with Gasteiger partial charge in [0.05, 0.1) is 17.6 Å². The summed E-state index contributed by atoms with van der Waals surface area (Å²) in [5, 5.41) is 0. The molecule has 3 rings (SSSR count). The normalized spacial score (nSPS) is 12.5. The minimum atomic E-state index is -0.301. The lowest BCUT2D eigenvalue weighted by Gasteiger charge is -2.18. The predicted octanol–water partition coefficient (Wildman–Crippen LogP) is 5.69. The summed E-state index contributed by atoms with van der Waals surface area (Å²) in [5.41, 5.74) is 6.39. The number of imidazole rings is 1. The van der Waals surface area contributed by atoms with Gasteiger partial charge in [-0.25, -0.2) is 4.98 Å². The maximum absolute atomic E-state index is 6.03. The van der Waals surface area contributed by atoms with E-state index in [1.54, 1.807) is 18.1 Å². The zero-order valence-electron chi connectivity index (χ0n) is 17.6. The minimum Gasteiger partial charge on any atom is -0.465 e. The molecule has 150 valence electrons. The highest BCUT2D eigenvalue weighted by molar-refractivity contribution is 7.97. The van der Waals surface area contributed by atoms with Gasteiger partial charge in [0, 0.05) is 18.0 Å². The van der Waals surface area contributed by atoms with E-state index in [0.29, 0.717) is 6.61 Å². The van der Waals surface area contributed by atoms with E-state index in [4.69, 9.17) is 14.5 Å². The number of hydrogen-bond donors (Lipinski definition) is 0. The second kappa shape index (κ2) is 8.97. The predicted molar refractivity (Wildman–Crippen MR) is 117 cm³/mol. The van der Waals surface area contributed by atoms with E-state index < -0.39 is 0 Å². The van der Waals surface area contributed by atoms with Crippen LogP contribution in [0.4, 0.5) is 0 Å². The largest absolute Gasteiger partial charge is 0.465 e. The average molecular weight is 400 g/mol. The molecule has 1 unspecified atom stereocenters. The minimum absolute atomic E-state index is 0.301. The van der Waals surface area contributed by atoms with E-state index in [1.165, 1.54) is 11.1 Å². The smallest absolute Gasteiger partial charge is 0.196 e. The number of nitrogens with zero attached hydrogens (tertiary/aromatic N) is 3. The highest BCUT2D eigenvalue weighted by Crippen LogP contribution is 2.33. The Kier molecular flexibility index (Phi) is 6.62. The molecule has 0 aliphatic carbocycles. The average Bonchev–Trinajstić information content (AvgIpc) is 3.01. The Morgan fingerprint density at radius 3 is 2.64 bits per heavy atom. The van der Waals surface area contributed by atoms with Gasteiger partial charge >= 0.3 is 0 Å². The summed E-state index contributed by atoms with van der Waals surface area (Å²) < 4.78 is 13.9. The second-order valence-corrected chi connectivity index (χ2v) is 7.76. The molecular weight excluding hydrogens is 370 g/mol. The van der Waals surface area contributed by atoms with Crippen LogP contribution in [0.3, 0.4) is 0 Å². The molecule has 1 aromatic carbocycles. The van der Waals surface area contributed by atoms with Crippen molar-refractivity contribution >= 4 is 23.0 Å². The van der Waals surface area contributed by atoms with Crippen LogP contribution in [-0.2, 0) is 4.74 Å². The molecule has 0 saturated heterocycles. The number of ether oxygens (including phenoxy) is 2. The van der Waals surface area contributed by atoms with Gasteiger partial charge in [-0.2, -0.15) is 0 Å². The molecule has 0 bridgehead atoms. The molecule has 0 fully saturated rings. The van der Waals surface area contributed by atoms with Gasteiger partial charge in [-0.1, -0.05) is 13.3 Å². The molecule has 1 atom stereocenters. The van der Waals surface area contributed by atoms with Crippen LogP contribution >= 0.6 is 11.9 Å². The molecule has 0 spiro atoms. The first-order chi connectivity index (χ1) is 13.5. The fourth-order valence-corrected chi connectivity index (χ4v) is 3.77. The zero-order chi connectivity index (χ0) is 20.3. The lowest BCUT2D eigenvalue weighted by Crippen LogP contribution is -2.17. The van der Waals surface area contributed by atoms with Crippen molar-refractivity contribution in [3.05, 3.63) is 41.1 Å². The number of hydrogen-bond acceptors (Lipinski definition) is 5. The molecule has 0 aliphatic rings. The maximum atomic E-state index is 6.03. The lowest BCUT2D eigenvalue weighted by atomic mass is 10.1. The van der Waals surface area contributed by atoms with Crippen LogP contribution in [0.25, 0.3) is 22.6 Å². The Balaban J connectivity index is 1.98. The van der Waals surface area contributed by atoms with Crippen LogP contribution < -0.4 is 4.74 Å². The van der Waals surface area contributed by atoms with Crippen molar-refractivity contribution in [2.24, 2.45) is 0 Å². The number of benzene rings is 1. The van der Waals surface area contributed by atoms with Gasteiger partial charge in [-0.15, -0.1) is 0 Å². The van der Waals surface area contributed by atoms with E-state index in [0.717, 1.165) is 46.7 Å². The summed E-state index contributed by atoms with van der Waals surface area (Å²) in [6.45, 7) is 11.0. The van der Waals surface area contributed by atoms with Gasteiger partial charge in [0.15, 0.2) is 12.1 Å². The van der Waals surface area contributed by atoms with Crippen LogP contribution in [0.15, 0.2) is 24.4 Å². The van der Waals surface area contributed by atoms with Crippen molar-refractivity contribution in [1.82, 2.24) is 13.9 Å². The van der Waals surface area contributed by atoms with Crippen molar-refractivity contribution in [3.8, 4) is 17.3 Å². The fourth-order valence-electron chi connectivity index (χ4n) is 3.12. The summed E-state index contributed by atoms with van der Waals surface area (Å²) >= 11 is 1.63. The van der Waals surface area contributed by atoms with Crippen molar-refractivity contribution in [2.45, 2.75) is 53.8 Å². The third-order valence-corrected chi connectivity index (χ3v) is 5.66. The molecule has 0 aliphatic heterocycles. The Bertz CT molecular complexity index is 968. The Morgan fingerprint density at radius 1 is 1.18 bits per heavy atom. The summed E-state index contributed by atoms with van der Waals surface area (Å²) in [6, 6.07) is 6.22. The number of unbranched alkanes of at least 4 members (excludes halogenated alkanes) is 1. The molecule has 5 nitrogen and oxygen atoms in total. The van der Waals surface area contributed by atoms with Crippen molar-refractivity contribution in [3.63, 3.8) is 0 Å². The van der Waals surface area contributed by atoms with Gasteiger partial charge in [-0.05, 0) is 75.4 Å². The van der Waals surface area contributed by atoms with Crippen molar-refractivity contribution in [2.75, 3.05) is 12.9 Å². The third kappa shape index (κ3) is 4.18. The molecule has 0 saturated carbocycles. The molecule has 2 aromatic heterocycles. The van der Waals surface area contributed by atoms with E-state index in [2.05, 4.69) is 48.1 Å². The van der Waals surface area contributed by atoms with Gasteiger partial charge in [0.25, 0.3) is 0 Å². The van der Waals surface area contributed by atoms with Gasteiger partial charge in [0.2, 0.25) is 0 Å². The van der Waals surface area contributed by atoms with Gasteiger partial charge < -0.3 is 9.47 Å². The topological polar surface area (TPSA) is 49.2 Å². The van der Waals surface area contributed by atoms with Crippen molar-refractivity contribution < 1.29 is 9.47 Å². The fraction of sp³-hybridized carbons (Fsp3) is 0.455. The molecule has 0 N–H and O–H groups in total. The van der Waals surface area contributed by atoms with Crippen molar-refractivity contribution in [1.29, 1.82) is 0 Å². The Labute approximate surface area is 171 Å². The monoisotopic (exact) mass is 399 g/mol. The second-order valence-electron chi connectivity index (χ2n) is 7.03. The van der Waals surface area contributed by atoms with Crippen LogP contribution in [-0.4, -0.2) is 33.1 Å². The standard InChI is InChI=1S/C22H29N3O2S/c1-7-8-11-26-17(5)27-20-9-10-23-21(16(20)4)22-24-18-12-14(2)15(3)13-19(18)25(22)28-6/h9-10,12-13,17H,7-8,11H2,1-6H3. The molecular formula is C22H29N3O2S. The van der Waals surface area contributed by atoms with Gasteiger partial charge in [-0.3, -0.25) is 8.96 Å². The Morgan fingerprint density at radius 2 is 1.93 bits per heavy atom. The first-order valence-electron chi connectivity index (χ1n) is 9.74. The first kappa shape index (κ1) is 20.7. The maximum Gasteiger partial charge on any atom is 0.196 e. The molecule has 28 heavy (non-hydrogen) atoms. The number of pyridine rings is 1. The zero-order valence-corrected chi connectivity index (χ0v) is 18.4. The first-order valence-corrected chi connectivity index (χ1v) is 10.9. The number of aromatic nitrogens is 3. The number of fused-ring (bicyclic) bond motifs is 1. The quantitative estimate of drug-likeness (QED) is 0.360. The molecule has 6 heteroatoms. The SMILES string of the molecule is CCCCOC(C)Oc1ccnc(-c2nc3cc(C)c(C)cc3n2SC)c1C. The Hall–Kier alpha value is -2.05. The molecule has 0 amide bonds. The summed E-state index contributed by atoms with van der Waals surface area (Å²) in [5.74, 6) is 1.62. The molecule has 0 radical (unpaired) electrons. The van der Waals surface area contributed by atoms with Gasteiger partial charge in [0.1, 0.15) is 11.4 Å². The number of aryl methyl sites for hydroxylation is 2. The molecule has 3 aromatic rings. The van der Waals surface area contributed by atoms with Crippen LogP contribution in [0.2, 0.25) is 0 Å². The van der Waals surface area contributed by atoms with E-state index in [1.807, 2.05) is 19.9 Å². The lowest BCUT2D eigenvalue weighted by molar-refractivity contribution is -0.0677. The van der Waals surface area contributed by atoms with Crippen LogP contribution in [0, 0.1) is 20.8 Å². The van der Waals surface area contributed by atoms with Crippen LogP contribution in [0.1, 0.15) is 43.4 Å². The van der Waals surface area contributed by atoms with Crippen LogP contribution in [0.5, 0.6) is 5.75 Å². The highest BCUT2D eigenvalue weighted by atomic mass is 32.2. The highest BCUT2D eigenvalue weighted by Gasteiger charge is 2.19. The number of rotatable bonds is 8. The summed E-state index contributed by atoms with van der Waals surface area (Å²) in [7, 11) is 0. The van der Waals surface area contributed by atoms with E-state index >= 15 is 0 Å². The third-order valence-electron chi connectivity index (χ3n) is 4.92. The summed E-state index contributed by atoms with van der Waals surface area (Å²) in [4.78, 5) is 9.51.